The Morgan fingerprint density at radius 3 is 2.58 bits per heavy atom. The Morgan fingerprint density at radius 2 is 1.95 bits per heavy atom. The molecule has 1 rings (SSSR count). The maximum Gasteiger partial charge on any atom is 0.339 e. The van der Waals surface area contributed by atoms with Gasteiger partial charge in [0.25, 0.3) is 0 Å². The fraction of sp³-hybridized carbons (Fsp3) is 0.571. The van der Waals surface area contributed by atoms with Gasteiger partial charge in [-0.3, -0.25) is 0 Å². The van der Waals surface area contributed by atoms with Gasteiger partial charge in [0.1, 0.15) is 11.4 Å². The summed E-state index contributed by atoms with van der Waals surface area (Å²) in [6, 6.07) is 1.77. The summed E-state index contributed by atoms with van der Waals surface area (Å²) < 4.78 is 0. The van der Waals surface area contributed by atoms with Gasteiger partial charge in [-0.05, 0) is 38.3 Å². The number of pyridine rings is 1. The molecule has 0 aromatic carbocycles. The van der Waals surface area contributed by atoms with E-state index in [-0.39, 0.29) is 12.2 Å². The van der Waals surface area contributed by atoms with Gasteiger partial charge in [0, 0.05) is 18.8 Å². The molecule has 0 saturated heterocycles. The molecule has 0 saturated carbocycles. The molecule has 5 heteroatoms. The minimum absolute atomic E-state index is 0.231. The van der Waals surface area contributed by atoms with Crippen LogP contribution in [0, 0.1) is 13.8 Å². The highest BCUT2D eigenvalue weighted by molar-refractivity contribution is 5.94. The molecule has 5 nitrogen and oxygen atoms in total. The largest absolute Gasteiger partial charge is 0.478 e. The second-order valence-corrected chi connectivity index (χ2v) is 4.67. The number of hydrogen-bond donors (Lipinski definition) is 3. The number of carbonyl (C=O) groups is 1. The summed E-state index contributed by atoms with van der Waals surface area (Å²) in [5.41, 5.74) is 1.79. The maximum absolute atomic E-state index is 11.2. The molecule has 0 radical (unpaired) electrons. The van der Waals surface area contributed by atoms with Crippen molar-refractivity contribution in [2.24, 2.45) is 0 Å². The Kier molecular flexibility index (Phi) is 6.29. The van der Waals surface area contributed by atoms with Crippen molar-refractivity contribution in [1.29, 1.82) is 0 Å². The number of aryl methyl sites for hydroxylation is 2. The molecule has 3 N–H and O–H groups in total. The number of nitrogens with one attached hydrogen (secondary N) is 1. The van der Waals surface area contributed by atoms with E-state index in [2.05, 4.69) is 10.3 Å². The lowest BCUT2D eigenvalue weighted by Crippen LogP contribution is -2.12. The number of aromatic nitrogens is 1. The van der Waals surface area contributed by atoms with Gasteiger partial charge in [0.15, 0.2) is 0 Å². The lowest BCUT2D eigenvalue weighted by atomic mass is 10.1. The Bertz CT molecular complexity index is 433. The van der Waals surface area contributed by atoms with Gasteiger partial charge in [-0.25, -0.2) is 9.78 Å². The predicted octanol–water partition coefficient (Wildman–Crippen LogP) is 2.36. The van der Waals surface area contributed by atoms with Crippen LogP contribution in [0.4, 0.5) is 5.82 Å². The molecule has 0 fully saturated rings. The van der Waals surface area contributed by atoms with Gasteiger partial charge < -0.3 is 15.5 Å². The van der Waals surface area contributed by atoms with E-state index in [1.165, 1.54) is 0 Å². The molecule has 0 amide bonds. The van der Waals surface area contributed by atoms with E-state index in [1.807, 2.05) is 6.92 Å². The normalized spacial score (nSPS) is 10.5. The molecule has 1 aromatic rings. The number of nitrogens with zero attached hydrogens (tertiary/aromatic N) is 1. The molecule has 106 valence electrons. The SMILES string of the molecule is Cc1cc(C)c(C(=O)O)c(NCCCCCCO)n1. The third kappa shape index (κ3) is 4.87. The standard InChI is InChI=1S/C14H22N2O3/c1-10-9-11(2)16-13(12(10)14(18)19)15-7-5-3-4-6-8-17/h9,17H,3-8H2,1-2H3,(H,15,16)(H,18,19). The first-order chi connectivity index (χ1) is 9.06. The molecule has 0 atom stereocenters. The summed E-state index contributed by atoms with van der Waals surface area (Å²) in [5.74, 6) is -0.500. The number of aliphatic hydroxyl groups excluding tert-OH is 1. The number of aliphatic hydroxyl groups is 1. The van der Waals surface area contributed by atoms with Crippen molar-refractivity contribution in [3.05, 3.63) is 22.9 Å². The summed E-state index contributed by atoms with van der Waals surface area (Å²) >= 11 is 0. The van der Waals surface area contributed by atoms with Gasteiger partial charge in [-0.2, -0.15) is 0 Å². The number of anilines is 1. The molecule has 0 aliphatic heterocycles. The van der Waals surface area contributed by atoms with Crippen LogP contribution in [0.2, 0.25) is 0 Å². The Labute approximate surface area is 113 Å². The Hall–Kier alpha value is -1.62. The third-order valence-electron chi connectivity index (χ3n) is 2.94. The van der Waals surface area contributed by atoms with Gasteiger partial charge in [0.2, 0.25) is 0 Å². The molecule has 0 spiro atoms. The number of hydrogen-bond acceptors (Lipinski definition) is 4. The Morgan fingerprint density at radius 1 is 1.26 bits per heavy atom. The van der Waals surface area contributed by atoms with Crippen molar-refractivity contribution in [1.82, 2.24) is 4.98 Å². The van der Waals surface area contributed by atoms with E-state index < -0.39 is 5.97 Å². The van der Waals surface area contributed by atoms with E-state index in [4.69, 9.17) is 5.11 Å². The van der Waals surface area contributed by atoms with Gasteiger partial charge >= 0.3 is 5.97 Å². The lowest BCUT2D eigenvalue weighted by Gasteiger charge is -2.11. The minimum Gasteiger partial charge on any atom is -0.478 e. The number of unbranched alkanes of at least 4 members (excludes halogenated alkanes) is 3. The molecule has 0 aliphatic carbocycles. The predicted molar refractivity (Wildman–Crippen MR) is 74.7 cm³/mol. The van der Waals surface area contributed by atoms with E-state index >= 15 is 0 Å². The highest BCUT2D eigenvalue weighted by Gasteiger charge is 2.15. The second kappa shape index (κ2) is 7.74. The maximum atomic E-state index is 11.2. The fourth-order valence-corrected chi connectivity index (χ4v) is 2.03. The molecule has 1 heterocycles. The Balaban J connectivity index is 2.59. The highest BCUT2D eigenvalue weighted by atomic mass is 16.4. The van der Waals surface area contributed by atoms with E-state index in [0.717, 1.165) is 36.9 Å². The number of carboxylic acid groups (broad SMARTS) is 1. The van der Waals surface area contributed by atoms with Crippen LogP contribution < -0.4 is 5.32 Å². The van der Waals surface area contributed by atoms with Crippen LogP contribution >= 0.6 is 0 Å². The van der Waals surface area contributed by atoms with Gasteiger partial charge in [0.05, 0.1) is 0 Å². The van der Waals surface area contributed by atoms with Crippen molar-refractivity contribution < 1.29 is 15.0 Å². The summed E-state index contributed by atoms with van der Waals surface area (Å²) in [5, 5.41) is 21.0. The number of aromatic carboxylic acids is 1. The summed E-state index contributed by atoms with van der Waals surface area (Å²) in [6.45, 7) is 4.56. The van der Waals surface area contributed by atoms with Crippen LogP contribution in [-0.4, -0.2) is 34.3 Å². The van der Waals surface area contributed by atoms with Crippen LogP contribution in [0.3, 0.4) is 0 Å². The zero-order chi connectivity index (χ0) is 14.3. The van der Waals surface area contributed by atoms with E-state index in [0.29, 0.717) is 12.4 Å². The van der Waals surface area contributed by atoms with Crippen molar-refractivity contribution in [2.75, 3.05) is 18.5 Å². The molecule has 0 bridgehead atoms. The van der Waals surface area contributed by atoms with Crippen LogP contribution in [0.25, 0.3) is 0 Å². The summed E-state index contributed by atoms with van der Waals surface area (Å²) in [4.78, 5) is 15.5. The van der Waals surface area contributed by atoms with E-state index in [1.54, 1.807) is 13.0 Å². The number of carboxylic acids is 1. The van der Waals surface area contributed by atoms with Crippen LogP contribution in [0.5, 0.6) is 0 Å². The molecule has 19 heavy (non-hydrogen) atoms. The monoisotopic (exact) mass is 266 g/mol. The van der Waals surface area contributed by atoms with E-state index in [9.17, 15) is 9.90 Å². The first kappa shape index (κ1) is 15.4. The van der Waals surface area contributed by atoms with Crippen molar-refractivity contribution in [2.45, 2.75) is 39.5 Å². The molecule has 1 aromatic heterocycles. The quantitative estimate of drug-likeness (QED) is 0.629. The average molecular weight is 266 g/mol. The average Bonchev–Trinajstić information content (AvgIpc) is 2.32. The van der Waals surface area contributed by atoms with Crippen molar-refractivity contribution in [3.8, 4) is 0 Å². The fourth-order valence-electron chi connectivity index (χ4n) is 2.03. The topological polar surface area (TPSA) is 82.5 Å². The summed E-state index contributed by atoms with van der Waals surface area (Å²) in [6.07, 6.45) is 3.76. The lowest BCUT2D eigenvalue weighted by molar-refractivity contribution is 0.0697. The molecular formula is C14H22N2O3. The molecular weight excluding hydrogens is 244 g/mol. The second-order valence-electron chi connectivity index (χ2n) is 4.67. The van der Waals surface area contributed by atoms with Crippen molar-refractivity contribution >= 4 is 11.8 Å². The van der Waals surface area contributed by atoms with Crippen LogP contribution in [0.15, 0.2) is 6.07 Å². The van der Waals surface area contributed by atoms with Gasteiger partial charge in [-0.15, -0.1) is 0 Å². The number of rotatable bonds is 8. The summed E-state index contributed by atoms with van der Waals surface area (Å²) in [7, 11) is 0. The van der Waals surface area contributed by atoms with Crippen LogP contribution in [-0.2, 0) is 0 Å². The zero-order valence-electron chi connectivity index (χ0n) is 11.6. The minimum atomic E-state index is -0.951. The first-order valence-electron chi connectivity index (χ1n) is 6.62. The first-order valence-corrected chi connectivity index (χ1v) is 6.62. The third-order valence-corrected chi connectivity index (χ3v) is 2.94. The molecule has 0 unspecified atom stereocenters. The van der Waals surface area contributed by atoms with Gasteiger partial charge in [-0.1, -0.05) is 12.8 Å². The van der Waals surface area contributed by atoms with Crippen LogP contribution in [0.1, 0.15) is 47.3 Å². The molecule has 0 aliphatic rings. The highest BCUT2D eigenvalue weighted by Crippen LogP contribution is 2.18. The zero-order valence-corrected chi connectivity index (χ0v) is 11.6. The van der Waals surface area contributed by atoms with Crippen molar-refractivity contribution in [3.63, 3.8) is 0 Å². The smallest absolute Gasteiger partial charge is 0.339 e.